The van der Waals surface area contributed by atoms with Crippen molar-refractivity contribution in [3.05, 3.63) is 23.7 Å². The lowest BCUT2D eigenvalue weighted by molar-refractivity contribution is 0.169. The van der Waals surface area contributed by atoms with Gasteiger partial charge in [-0.15, -0.1) is 0 Å². The van der Waals surface area contributed by atoms with E-state index < -0.39 is 0 Å². The van der Waals surface area contributed by atoms with Crippen LogP contribution in [0.5, 0.6) is 0 Å². The van der Waals surface area contributed by atoms with E-state index in [9.17, 15) is 0 Å². The Morgan fingerprint density at radius 2 is 1.75 bits per heavy atom. The molecular formula is C12H24N4. The van der Waals surface area contributed by atoms with Crippen LogP contribution >= 0.6 is 0 Å². The van der Waals surface area contributed by atoms with Gasteiger partial charge in [-0.25, -0.2) is 0 Å². The van der Waals surface area contributed by atoms with Crippen molar-refractivity contribution in [3.8, 4) is 0 Å². The number of nitrogens with two attached hydrogens (primary N) is 2. The average Bonchev–Trinajstić information content (AvgIpc) is 2.26. The van der Waals surface area contributed by atoms with Crippen molar-refractivity contribution >= 4 is 0 Å². The van der Waals surface area contributed by atoms with Gasteiger partial charge >= 0.3 is 0 Å². The molecule has 1 aliphatic rings. The first-order chi connectivity index (χ1) is 7.50. The van der Waals surface area contributed by atoms with Gasteiger partial charge in [0.2, 0.25) is 0 Å². The fourth-order valence-corrected chi connectivity index (χ4v) is 1.96. The third-order valence-electron chi connectivity index (χ3n) is 3.08. The van der Waals surface area contributed by atoms with Crippen molar-refractivity contribution < 1.29 is 0 Å². The molecule has 0 unspecified atom stereocenters. The van der Waals surface area contributed by atoms with Gasteiger partial charge in [0.25, 0.3) is 0 Å². The van der Waals surface area contributed by atoms with Crippen molar-refractivity contribution in [2.75, 3.05) is 27.2 Å². The van der Waals surface area contributed by atoms with Crippen LogP contribution in [0, 0.1) is 0 Å². The van der Waals surface area contributed by atoms with E-state index in [1.807, 2.05) is 19.1 Å². The SMILES string of the molecule is C/C(N)=C/C=C(\N)N1CCC(N(C)C)CC1. The molecule has 0 radical (unpaired) electrons. The van der Waals surface area contributed by atoms with E-state index in [4.69, 9.17) is 11.5 Å². The Labute approximate surface area is 98.6 Å². The summed E-state index contributed by atoms with van der Waals surface area (Å²) in [6, 6.07) is 0.691. The highest BCUT2D eigenvalue weighted by Crippen LogP contribution is 2.16. The van der Waals surface area contributed by atoms with Crippen LogP contribution < -0.4 is 11.5 Å². The molecule has 4 heteroatoms. The van der Waals surface area contributed by atoms with Crippen molar-refractivity contribution in [1.29, 1.82) is 0 Å². The maximum Gasteiger partial charge on any atom is 0.0987 e. The minimum atomic E-state index is 0.691. The first-order valence-corrected chi connectivity index (χ1v) is 5.81. The summed E-state index contributed by atoms with van der Waals surface area (Å²) in [5, 5.41) is 0. The quantitative estimate of drug-likeness (QED) is 0.692. The Kier molecular flexibility index (Phi) is 4.68. The Hall–Kier alpha value is -1.16. The van der Waals surface area contributed by atoms with Gasteiger partial charge in [0.15, 0.2) is 0 Å². The molecule has 0 aromatic carbocycles. The summed E-state index contributed by atoms with van der Waals surface area (Å²) in [5.74, 6) is 0.821. The standard InChI is InChI=1S/C12H24N4/c1-10(13)4-5-12(14)16-8-6-11(7-9-16)15(2)3/h4-5,11H,6-9,13-14H2,1-3H3/b10-4-,12-5+. The lowest BCUT2D eigenvalue weighted by atomic mass is 10.0. The van der Waals surface area contributed by atoms with Crippen LogP contribution in [-0.4, -0.2) is 43.0 Å². The number of piperidine rings is 1. The third-order valence-corrected chi connectivity index (χ3v) is 3.08. The number of rotatable bonds is 3. The van der Waals surface area contributed by atoms with E-state index in [0.717, 1.165) is 24.6 Å². The van der Waals surface area contributed by atoms with Crippen LogP contribution in [-0.2, 0) is 0 Å². The van der Waals surface area contributed by atoms with Gasteiger partial charge in [-0.2, -0.15) is 0 Å². The van der Waals surface area contributed by atoms with Gasteiger partial charge < -0.3 is 21.3 Å². The zero-order chi connectivity index (χ0) is 12.1. The summed E-state index contributed by atoms with van der Waals surface area (Å²) in [4.78, 5) is 4.51. The minimum absolute atomic E-state index is 0.691. The molecular weight excluding hydrogens is 200 g/mol. The molecule has 4 nitrogen and oxygen atoms in total. The summed E-state index contributed by atoms with van der Waals surface area (Å²) in [7, 11) is 4.28. The molecule has 1 fully saturated rings. The predicted molar refractivity (Wildman–Crippen MR) is 68.5 cm³/mol. The fraction of sp³-hybridized carbons (Fsp3) is 0.667. The smallest absolute Gasteiger partial charge is 0.0987 e. The molecule has 1 saturated heterocycles. The maximum atomic E-state index is 5.99. The molecule has 92 valence electrons. The molecule has 0 atom stereocenters. The van der Waals surface area contributed by atoms with E-state index in [1.165, 1.54) is 12.8 Å². The van der Waals surface area contributed by atoms with E-state index in [2.05, 4.69) is 23.9 Å². The van der Waals surface area contributed by atoms with Gasteiger partial charge in [0, 0.05) is 24.8 Å². The first kappa shape index (κ1) is 12.9. The zero-order valence-corrected chi connectivity index (χ0v) is 10.6. The fourth-order valence-electron chi connectivity index (χ4n) is 1.96. The summed E-state index contributed by atoms with van der Waals surface area (Å²) >= 11 is 0. The van der Waals surface area contributed by atoms with Crippen LogP contribution in [0.3, 0.4) is 0 Å². The molecule has 0 saturated carbocycles. The lowest BCUT2D eigenvalue weighted by Gasteiger charge is -2.36. The average molecular weight is 224 g/mol. The molecule has 1 aliphatic heterocycles. The number of hydrogen-bond donors (Lipinski definition) is 2. The highest BCUT2D eigenvalue weighted by molar-refractivity contribution is 5.12. The topological polar surface area (TPSA) is 58.5 Å². The molecule has 0 aromatic rings. The lowest BCUT2D eigenvalue weighted by Crippen LogP contribution is -2.42. The summed E-state index contributed by atoms with van der Waals surface area (Å²) in [6.07, 6.45) is 6.10. The normalized spacial score (nSPS) is 20.6. The molecule has 1 rings (SSSR count). The molecule has 0 aromatic heterocycles. The first-order valence-electron chi connectivity index (χ1n) is 5.81. The molecule has 0 amide bonds. The summed E-state index contributed by atoms with van der Waals surface area (Å²) in [5.41, 5.74) is 12.3. The van der Waals surface area contributed by atoms with E-state index in [0.29, 0.717) is 6.04 Å². The van der Waals surface area contributed by atoms with Gasteiger partial charge in [-0.3, -0.25) is 0 Å². The van der Waals surface area contributed by atoms with Crippen molar-refractivity contribution in [2.24, 2.45) is 11.5 Å². The van der Waals surface area contributed by atoms with Gasteiger partial charge in [-0.1, -0.05) is 0 Å². The second-order valence-corrected chi connectivity index (χ2v) is 4.68. The maximum absolute atomic E-state index is 5.99. The van der Waals surface area contributed by atoms with Crippen LogP contribution in [0.4, 0.5) is 0 Å². The summed E-state index contributed by atoms with van der Waals surface area (Å²) < 4.78 is 0. The number of allylic oxidation sites excluding steroid dienone is 3. The van der Waals surface area contributed by atoms with E-state index in [1.54, 1.807) is 0 Å². The highest BCUT2D eigenvalue weighted by atomic mass is 15.2. The van der Waals surface area contributed by atoms with Crippen LogP contribution in [0.1, 0.15) is 19.8 Å². The monoisotopic (exact) mass is 224 g/mol. The van der Waals surface area contributed by atoms with Crippen molar-refractivity contribution in [2.45, 2.75) is 25.8 Å². The van der Waals surface area contributed by atoms with Gasteiger partial charge in [0.05, 0.1) is 5.82 Å². The Morgan fingerprint density at radius 3 is 2.19 bits per heavy atom. The third kappa shape index (κ3) is 3.77. The Balaban J connectivity index is 2.47. The Bertz CT molecular complexity index is 269. The highest BCUT2D eigenvalue weighted by Gasteiger charge is 2.20. The second-order valence-electron chi connectivity index (χ2n) is 4.68. The van der Waals surface area contributed by atoms with E-state index in [-0.39, 0.29) is 0 Å². The zero-order valence-electron chi connectivity index (χ0n) is 10.6. The minimum Gasteiger partial charge on any atom is -0.402 e. The number of hydrogen-bond acceptors (Lipinski definition) is 4. The largest absolute Gasteiger partial charge is 0.402 e. The van der Waals surface area contributed by atoms with Gasteiger partial charge in [-0.05, 0) is 46.0 Å². The molecule has 16 heavy (non-hydrogen) atoms. The number of nitrogens with zero attached hydrogens (tertiary/aromatic N) is 2. The summed E-state index contributed by atoms with van der Waals surface area (Å²) in [6.45, 7) is 3.92. The second kappa shape index (κ2) is 5.80. The molecule has 0 spiro atoms. The Morgan fingerprint density at radius 1 is 1.19 bits per heavy atom. The van der Waals surface area contributed by atoms with E-state index >= 15 is 0 Å². The van der Waals surface area contributed by atoms with Crippen molar-refractivity contribution in [1.82, 2.24) is 9.80 Å². The number of likely N-dealkylation sites (tertiary alicyclic amines) is 1. The predicted octanol–water partition coefficient (Wildman–Crippen LogP) is 0.675. The van der Waals surface area contributed by atoms with Crippen molar-refractivity contribution in [3.63, 3.8) is 0 Å². The van der Waals surface area contributed by atoms with Crippen LogP contribution in [0.2, 0.25) is 0 Å². The van der Waals surface area contributed by atoms with Gasteiger partial charge in [0.1, 0.15) is 0 Å². The molecule has 4 N–H and O–H groups in total. The van der Waals surface area contributed by atoms with Crippen LogP contribution in [0.25, 0.3) is 0 Å². The van der Waals surface area contributed by atoms with Crippen LogP contribution in [0.15, 0.2) is 23.7 Å². The molecule has 0 bridgehead atoms. The molecule has 0 aliphatic carbocycles. The molecule has 1 heterocycles.